The van der Waals surface area contributed by atoms with E-state index >= 15 is 0 Å². The second kappa shape index (κ2) is 4.78. The van der Waals surface area contributed by atoms with Crippen molar-refractivity contribution in [2.75, 3.05) is 6.16 Å². The molecule has 0 N–H and O–H groups in total. The molecule has 2 heteroatoms. The molecule has 0 bridgehead atoms. The molecule has 2 atom stereocenters. The lowest BCUT2D eigenvalue weighted by atomic mass is 9.89. The van der Waals surface area contributed by atoms with Gasteiger partial charge in [-0.1, -0.05) is 63.4 Å². The van der Waals surface area contributed by atoms with E-state index in [1.165, 1.54) is 22.9 Å². The molecule has 2 unspecified atom stereocenters. The molecule has 0 spiro atoms. The first-order valence-corrected chi connectivity index (χ1v) is 9.21. The summed E-state index contributed by atoms with van der Waals surface area (Å²) in [6.45, 7) is 2.32. The normalized spacial score (nSPS) is 27.3. The van der Waals surface area contributed by atoms with E-state index in [0.29, 0.717) is 5.78 Å². The maximum absolute atomic E-state index is 12.1. The summed E-state index contributed by atoms with van der Waals surface area (Å²) in [6, 6.07) is 17.3. The van der Waals surface area contributed by atoms with Gasteiger partial charge < -0.3 is 0 Å². The van der Waals surface area contributed by atoms with Crippen LogP contribution in [0, 0.1) is 0 Å². The molecule has 21 heavy (non-hydrogen) atoms. The third kappa shape index (κ3) is 1.91. The van der Waals surface area contributed by atoms with Gasteiger partial charge in [0.25, 0.3) is 0 Å². The molecule has 0 radical (unpaired) electrons. The van der Waals surface area contributed by atoms with Crippen LogP contribution in [0.3, 0.4) is 0 Å². The Morgan fingerprint density at radius 1 is 1.05 bits per heavy atom. The van der Waals surface area contributed by atoms with Crippen LogP contribution in [0.4, 0.5) is 0 Å². The van der Waals surface area contributed by atoms with Gasteiger partial charge in [-0.25, -0.2) is 0 Å². The zero-order chi connectivity index (χ0) is 14.4. The van der Waals surface area contributed by atoms with E-state index in [4.69, 9.17) is 0 Å². The van der Waals surface area contributed by atoms with Gasteiger partial charge in [0.15, 0.2) is 0 Å². The van der Waals surface area contributed by atoms with Gasteiger partial charge in [-0.15, -0.1) is 0 Å². The lowest BCUT2D eigenvalue weighted by molar-refractivity contribution is -0.119. The predicted molar refractivity (Wildman–Crippen MR) is 89.5 cm³/mol. The average molecular weight is 294 g/mol. The molecule has 0 aliphatic carbocycles. The van der Waals surface area contributed by atoms with E-state index < -0.39 is 0 Å². The lowest BCUT2D eigenvalue weighted by Crippen LogP contribution is -2.42. The molecule has 0 amide bonds. The molecule has 4 rings (SSSR count). The standard InChI is InChI=1S/C19H19OP/c1-19-13-15(20)9-6-12-21(19)18-16(10-5-11-17(18)19)14-7-3-2-4-8-14/h2-5,7-8,10-11H,6,9,12-13H2,1H3. The first-order valence-electron chi connectivity index (χ1n) is 7.68. The van der Waals surface area contributed by atoms with Gasteiger partial charge in [-0.3, -0.25) is 4.79 Å². The molecular formula is C19H19OP. The number of carbonyl (C=O) groups excluding carboxylic acids is 1. The van der Waals surface area contributed by atoms with Gasteiger partial charge >= 0.3 is 0 Å². The number of carbonyl (C=O) groups is 1. The third-order valence-electron chi connectivity index (χ3n) is 4.95. The molecule has 2 aliphatic rings. The Balaban J connectivity index is 1.87. The van der Waals surface area contributed by atoms with Crippen molar-refractivity contribution in [1.29, 1.82) is 0 Å². The van der Waals surface area contributed by atoms with Crippen molar-refractivity contribution in [2.24, 2.45) is 0 Å². The van der Waals surface area contributed by atoms with Crippen LogP contribution in [0.2, 0.25) is 0 Å². The van der Waals surface area contributed by atoms with E-state index in [0.717, 1.165) is 19.3 Å². The summed E-state index contributed by atoms with van der Waals surface area (Å²) >= 11 is 0. The van der Waals surface area contributed by atoms with Crippen molar-refractivity contribution in [3.8, 4) is 11.1 Å². The predicted octanol–water partition coefficient (Wildman–Crippen LogP) is 4.44. The minimum atomic E-state index is -0.189. The van der Waals surface area contributed by atoms with Crippen LogP contribution in [0.1, 0.15) is 31.7 Å². The molecule has 2 aromatic rings. The zero-order valence-corrected chi connectivity index (χ0v) is 13.2. The number of rotatable bonds is 1. The summed E-state index contributed by atoms with van der Waals surface area (Å²) in [6.07, 6.45) is 3.82. The molecule has 2 aliphatic heterocycles. The summed E-state index contributed by atoms with van der Waals surface area (Å²) < 4.78 is 0. The monoisotopic (exact) mass is 294 g/mol. The molecule has 1 nitrogen and oxygen atoms in total. The number of ketones is 1. The van der Waals surface area contributed by atoms with Crippen LogP contribution in [-0.2, 0) is 9.95 Å². The van der Waals surface area contributed by atoms with E-state index in [-0.39, 0.29) is 13.1 Å². The van der Waals surface area contributed by atoms with Gasteiger partial charge in [0.1, 0.15) is 5.78 Å². The van der Waals surface area contributed by atoms with E-state index in [2.05, 4.69) is 55.5 Å². The summed E-state index contributed by atoms with van der Waals surface area (Å²) in [5, 5.41) is 1.71. The molecule has 2 aromatic carbocycles. The Morgan fingerprint density at radius 3 is 2.67 bits per heavy atom. The number of benzene rings is 2. The minimum Gasteiger partial charge on any atom is -0.300 e. The average Bonchev–Trinajstić information content (AvgIpc) is 2.63. The van der Waals surface area contributed by atoms with E-state index in [1.54, 1.807) is 5.30 Å². The Hall–Kier alpha value is -1.46. The molecule has 2 heterocycles. The van der Waals surface area contributed by atoms with E-state index in [9.17, 15) is 4.79 Å². The number of Topliss-reactive ketones (excluding diaryl/α,β-unsaturated/α-hetero) is 1. The first kappa shape index (κ1) is 13.2. The van der Waals surface area contributed by atoms with Crippen molar-refractivity contribution in [2.45, 2.75) is 31.3 Å². The number of fused-ring (bicyclic) bond motifs is 4. The van der Waals surface area contributed by atoms with Crippen molar-refractivity contribution >= 4 is 19.0 Å². The third-order valence-corrected chi connectivity index (χ3v) is 8.32. The van der Waals surface area contributed by atoms with Crippen molar-refractivity contribution in [3.63, 3.8) is 0 Å². The Labute approximate surface area is 127 Å². The lowest BCUT2D eigenvalue weighted by Gasteiger charge is -2.49. The van der Waals surface area contributed by atoms with Crippen molar-refractivity contribution in [3.05, 3.63) is 54.1 Å². The molecular weight excluding hydrogens is 275 g/mol. The Kier molecular flexibility index (Phi) is 3.01. The fourth-order valence-corrected chi connectivity index (χ4v) is 7.38. The van der Waals surface area contributed by atoms with Gasteiger partial charge in [0.05, 0.1) is 0 Å². The minimum absolute atomic E-state index is 0.142. The van der Waals surface area contributed by atoms with Crippen molar-refractivity contribution in [1.82, 2.24) is 0 Å². The highest BCUT2D eigenvalue weighted by Gasteiger charge is 2.50. The van der Waals surface area contributed by atoms with Gasteiger partial charge in [-0.2, -0.15) is 0 Å². The van der Waals surface area contributed by atoms with Gasteiger partial charge in [0, 0.05) is 18.0 Å². The van der Waals surface area contributed by atoms with Crippen LogP contribution in [0.15, 0.2) is 48.5 Å². The van der Waals surface area contributed by atoms with Crippen LogP contribution in [-0.4, -0.2) is 11.9 Å². The fraction of sp³-hybridized carbons (Fsp3) is 0.316. The second-order valence-electron chi connectivity index (χ2n) is 6.31. The van der Waals surface area contributed by atoms with E-state index in [1.807, 2.05) is 0 Å². The fourth-order valence-electron chi connectivity index (χ4n) is 3.91. The smallest absolute Gasteiger partial charge is 0.134 e. The maximum atomic E-state index is 12.1. The second-order valence-corrected chi connectivity index (χ2v) is 9.05. The Morgan fingerprint density at radius 2 is 1.86 bits per heavy atom. The highest BCUT2D eigenvalue weighted by Crippen LogP contribution is 2.68. The highest BCUT2D eigenvalue weighted by molar-refractivity contribution is 7.69. The van der Waals surface area contributed by atoms with Gasteiger partial charge in [0.2, 0.25) is 0 Å². The summed E-state index contributed by atoms with van der Waals surface area (Å²) in [7, 11) is -0.189. The van der Waals surface area contributed by atoms with Crippen LogP contribution in [0.5, 0.6) is 0 Å². The maximum Gasteiger partial charge on any atom is 0.134 e. The summed E-state index contributed by atoms with van der Waals surface area (Å²) in [5.41, 5.74) is 4.14. The Bertz CT molecular complexity index is 707. The van der Waals surface area contributed by atoms with Crippen LogP contribution >= 0.6 is 7.92 Å². The highest BCUT2D eigenvalue weighted by atomic mass is 31.1. The number of hydrogen-bond donors (Lipinski definition) is 0. The van der Waals surface area contributed by atoms with Gasteiger partial charge in [-0.05, 0) is 34.6 Å². The quantitative estimate of drug-likeness (QED) is 0.710. The molecule has 0 aromatic heterocycles. The largest absolute Gasteiger partial charge is 0.300 e. The summed E-state index contributed by atoms with van der Waals surface area (Å²) in [5.74, 6) is 0.457. The first-order chi connectivity index (χ1) is 10.2. The molecule has 1 saturated heterocycles. The zero-order valence-electron chi connectivity index (χ0n) is 12.3. The van der Waals surface area contributed by atoms with Crippen LogP contribution < -0.4 is 5.30 Å². The SMILES string of the molecule is CC12CC(=O)CCCP1c1c(-c3ccccc3)cccc12. The van der Waals surface area contributed by atoms with Crippen LogP contribution in [0.25, 0.3) is 11.1 Å². The molecule has 1 fully saturated rings. The van der Waals surface area contributed by atoms with Crippen molar-refractivity contribution < 1.29 is 4.79 Å². The topological polar surface area (TPSA) is 17.1 Å². The molecule has 106 valence electrons. The summed E-state index contributed by atoms with van der Waals surface area (Å²) in [4.78, 5) is 12.1. The number of hydrogen-bond acceptors (Lipinski definition) is 1. The molecule has 0 saturated carbocycles.